The highest BCUT2D eigenvalue weighted by molar-refractivity contribution is 5.69. The number of hydrogen-bond donors (Lipinski definition) is 7. The predicted molar refractivity (Wildman–Crippen MR) is 279 cm³/mol. The van der Waals surface area contributed by atoms with E-state index in [1.54, 1.807) is 0 Å². The summed E-state index contributed by atoms with van der Waals surface area (Å²) in [6.07, 6.45) is 41.5. The number of unbranched alkanes of at least 4 members (excludes halogenated alkanes) is 8. The molecule has 404 valence electrons. The summed E-state index contributed by atoms with van der Waals surface area (Å²) in [6.45, 7) is 3.33. The molecular weight excluding hydrogens is 909 g/mol. The van der Waals surface area contributed by atoms with Crippen LogP contribution in [0.25, 0.3) is 0 Å². The molecule has 0 aromatic heterocycles. The Balaban J connectivity index is 1.77. The molecule has 2 saturated heterocycles. The van der Waals surface area contributed by atoms with E-state index in [1.807, 2.05) is 0 Å². The number of hydrogen-bond acceptors (Lipinski definition) is 14. The Hall–Kier alpha value is -3.35. The van der Waals surface area contributed by atoms with Gasteiger partial charge in [-0.2, -0.15) is 0 Å². The molecular formula is C57H92O14. The summed E-state index contributed by atoms with van der Waals surface area (Å²) in [5.41, 5.74) is 0. The largest absolute Gasteiger partial charge is 0.457 e. The van der Waals surface area contributed by atoms with E-state index >= 15 is 0 Å². The Morgan fingerprint density at radius 2 is 0.873 bits per heavy atom. The van der Waals surface area contributed by atoms with Gasteiger partial charge in [-0.05, 0) is 96.3 Å². The van der Waals surface area contributed by atoms with Gasteiger partial charge in [0.1, 0.15) is 54.9 Å². The van der Waals surface area contributed by atoms with Gasteiger partial charge in [0.05, 0.1) is 26.4 Å². The van der Waals surface area contributed by atoms with Crippen LogP contribution in [0.4, 0.5) is 0 Å². The van der Waals surface area contributed by atoms with Gasteiger partial charge in [-0.25, -0.2) is 0 Å². The third-order valence-corrected chi connectivity index (χ3v) is 11.8. The van der Waals surface area contributed by atoms with Crippen LogP contribution in [0.15, 0.2) is 109 Å². The van der Waals surface area contributed by atoms with Gasteiger partial charge in [0.2, 0.25) is 0 Å². The Labute approximate surface area is 425 Å². The number of carbonyl (C=O) groups excluding carboxylic acids is 1. The fourth-order valence-electron chi connectivity index (χ4n) is 7.54. The maximum absolute atomic E-state index is 13.0. The minimum atomic E-state index is -1.72. The quantitative estimate of drug-likeness (QED) is 0.0175. The molecule has 0 radical (unpaired) electrons. The van der Waals surface area contributed by atoms with Crippen molar-refractivity contribution in [2.45, 2.75) is 210 Å². The molecule has 71 heavy (non-hydrogen) atoms. The van der Waals surface area contributed by atoms with Gasteiger partial charge in [-0.3, -0.25) is 4.79 Å². The highest BCUT2D eigenvalue weighted by atomic mass is 16.7. The first kappa shape index (κ1) is 63.8. The number of allylic oxidation sites excluding steroid dienone is 18. The molecule has 14 nitrogen and oxygen atoms in total. The molecule has 11 unspecified atom stereocenters. The lowest BCUT2D eigenvalue weighted by atomic mass is 9.98. The summed E-state index contributed by atoms with van der Waals surface area (Å²) in [6, 6.07) is 0. The molecule has 2 heterocycles. The van der Waals surface area contributed by atoms with Gasteiger partial charge in [0, 0.05) is 13.0 Å². The van der Waals surface area contributed by atoms with E-state index in [0.29, 0.717) is 13.0 Å². The first-order valence-electron chi connectivity index (χ1n) is 26.5. The Morgan fingerprint density at radius 3 is 1.37 bits per heavy atom. The van der Waals surface area contributed by atoms with E-state index < -0.39 is 86.7 Å². The summed E-state index contributed by atoms with van der Waals surface area (Å²) >= 11 is 0. The van der Waals surface area contributed by atoms with Gasteiger partial charge in [-0.1, -0.05) is 149 Å². The van der Waals surface area contributed by atoms with Crippen molar-refractivity contribution in [2.75, 3.05) is 33.0 Å². The number of aliphatic hydroxyl groups excluding tert-OH is 7. The molecule has 0 spiro atoms. The second kappa shape index (κ2) is 43.1. The minimum Gasteiger partial charge on any atom is -0.457 e. The van der Waals surface area contributed by atoms with Crippen LogP contribution >= 0.6 is 0 Å². The van der Waals surface area contributed by atoms with Crippen LogP contribution in [0.2, 0.25) is 0 Å². The number of ether oxygens (including phenoxy) is 6. The van der Waals surface area contributed by atoms with Crippen LogP contribution in [0.3, 0.4) is 0 Å². The summed E-state index contributed by atoms with van der Waals surface area (Å²) in [5.74, 6) is -0.427. The van der Waals surface area contributed by atoms with E-state index in [4.69, 9.17) is 28.4 Å². The summed E-state index contributed by atoms with van der Waals surface area (Å²) in [4.78, 5) is 13.0. The molecule has 11 atom stereocenters. The highest BCUT2D eigenvalue weighted by Gasteiger charge is 2.47. The average molecular weight is 1000 g/mol. The van der Waals surface area contributed by atoms with E-state index in [9.17, 15) is 40.5 Å². The van der Waals surface area contributed by atoms with Crippen molar-refractivity contribution in [3.05, 3.63) is 109 Å². The van der Waals surface area contributed by atoms with Crippen LogP contribution in [0, 0.1) is 0 Å². The maximum atomic E-state index is 13.0. The zero-order chi connectivity index (χ0) is 51.6. The van der Waals surface area contributed by atoms with Crippen molar-refractivity contribution in [2.24, 2.45) is 0 Å². The molecule has 2 aliphatic rings. The summed E-state index contributed by atoms with van der Waals surface area (Å²) in [5, 5.41) is 72.2. The molecule has 7 N–H and O–H groups in total. The number of rotatable bonds is 40. The molecule has 0 aromatic rings. The number of carbonyl (C=O) groups is 1. The lowest BCUT2D eigenvalue weighted by Gasteiger charge is -2.42. The first-order valence-corrected chi connectivity index (χ1v) is 26.5. The lowest BCUT2D eigenvalue weighted by Crippen LogP contribution is -2.61. The van der Waals surface area contributed by atoms with Crippen LogP contribution in [-0.2, 0) is 33.2 Å². The van der Waals surface area contributed by atoms with Crippen LogP contribution < -0.4 is 0 Å². The zero-order valence-electron chi connectivity index (χ0n) is 42.9. The number of aliphatic hydroxyl groups is 7. The van der Waals surface area contributed by atoms with Crippen molar-refractivity contribution in [3.63, 3.8) is 0 Å². The third kappa shape index (κ3) is 30.4. The minimum absolute atomic E-state index is 0.0264. The fraction of sp³-hybridized carbons (Fsp3) is 0.667. The second-order valence-electron chi connectivity index (χ2n) is 17.9. The highest BCUT2D eigenvalue weighted by Crippen LogP contribution is 2.26. The Morgan fingerprint density at radius 1 is 0.465 bits per heavy atom. The molecule has 0 bridgehead atoms. The molecule has 0 saturated carbocycles. The monoisotopic (exact) mass is 1000 g/mol. The summed E-state index contributed by atoms with van der Waals surface area (Å²) < 4.78 is 34.2. The van der Waals surface area contributed by atoms with Crippen LogP contribution in [0.1, 0.15) is 142 Å². The molecule has 14 heteroatoms. The number of esters is 1. The normalized spacial score (nSPS) is 26.2. The van der Waals surface area contributed by atoms with Crippen LogP contribution in [-0.4, -0.2) is 142 Å². The van der Waals surface area contributed by atoms with Crippen molar-refractivity contribution >= 4 is 5.97 Å². The summed E-state index contributed by atoms with van der Waals surface area (Å²) in [7, 11) is 0. The SMILES string of the molecule is CC/C=C\C/C=C\C/C=C\C/C=C\C/C=C\CCCCCCCCOCC(COC1OC(COC2OC(CO)C(O)C(O)C2O)C(O)C(O)C1O)OC(=O)CCCC/C=C\C/C=C\C/C=C\C/C=C\CC. The molecule has 2 fully saturated rings. The van der Waals surface area contributed by atoms with Crippen LogP contribution in [0.5, 0.6) is 0 Å². The molecule has 2 aliphatic heterocycles. The molecule has 0 aromatic carbocycles. The average Bonchev–Trinajstić information content (AvgIpc) is 3.37. The standard InChI is InChI=1S/C57H92O14/c1-3-5-7-9-11-13-15-17-19-20-21-22-23-24-25-27-29-31-33-35-37-39-41-66-43-46(69-49(59)40-38-36-34-32-30-28-26-18-16-14-12-10-8-6-4-2)44-67-56-55(65)53(63)51(61)48(71-56)45-68-57-54(64)52(62)50(60)47(42-58)70-57/h5-8,11-14,17-19,21-22,24-26,30,32,46-48,50-58,60-65H,3-4,9-10,15-16,20,23,27-29,31,33-45H2,1-2H3/b7-5-,8-6-,13-11-,14-12-,19-17-,22-21-,25-24-,26-18-,32-30-. The maximum Gasteiger partial charge on any atom is 0.306 e. The Kier molecular flexibility index (Phi) is 38.7. The van der Waals surface area contributed by atoms with Crippen molar-refractivity contribution in [3.8, 4) is 0 Å². The van der Waals surface area contributed by atoms with E-state index in [1.165, 1.54) is 0 Å². The topological polar surface area (TPSA) is 214 Å². The van der Waals surface area contributed by atoms with Gasteiger partial charge < -0.3 is 64.2 Å². The van der Waals surface area contributed by atoms with Crippen molar-refractivity contribution < 1.29 is 69.0 Å². The molecule has 0 amide bonds. The van der Waals surface area contributed by atoms with Gasteiger partial charge in [0.25, 0.3) is 0 Å². The van der Waals surface area contributed by atoms with Crippen molar-refractivity contribution in [1.29, 1.82) is 0 Å². The lowest BCUT2D eigenvalue weighted by molar-refractivity contribution is -0.332. The second-order valence-corrected chi connectivity index (χ2v) is 17.9. The van der Waals surface area contributed by atoms with Gasteiger partial charge >= 0.3 is 5.97 Å². The Bertz CT molecular complexity index is 1580. The van der Waals surface area contributed by atoms with E-state index in [0.717, 1.165) is 116 Å². The zero-order valence-corrected chi connectivity index (χ0v) is 42.9. The first-order chi connectivity index (χ1) is 34.6. The van der Waals surface area contributed by atoms with Gasteiger partial charge in [-0.15, -0.1) is 0 Å². The van der Waals surface area contributed by atoms with E-state index in [-0.39, 0.29) is 19.6 Å². The van der Waals surface area contributed by atoms with Gasteiger partial charge in [0.15, 0.2) is 12.6 Å². The smallest absolute Gasteiger partial charge is 0.306 e. The predicted octanol–water partition coefficient (Wildman–Crippen LogP) is 8.40. The molecule has 2 rings (SSSR count). The van der Waals surface area contributed by atoms with E-state index in [2.05, 4.69) is 123 Å². The fourth-order valence-corrected chi connectivity index (χ4v) is 7.54. The van der Waals surface area contributed by atoms with Crippen molar-refractivity contribution in [1.82, 2.24) is 0 Å². The third-order valence-electron chi connectivity index (χ3n) is 11.8. The molecule has 0 aliphatic carbocycles.